The van der Waals surface area contributed by atoms with Crippen LogP contribution in [0.4, 0.5) is 0 Å². The first kappa shape index (κ1) is 33.6. The molecule has 220 valence electrons. The van der Waals surface area contributed by atoms with Gasteiger partial charge >= 0.3 is 5.69 Å². The van der Waals surface area contributed by atoms with E-state index >= 15 is 0 Å². The molecule has 12 heteroatoms. The standard InChI is InChI=1S/C27H47N4O6PSi/c1-12-27(18-35-38(34-15-13-14-28)31(19(2)3)20(4)5)22(37-39(10,11)26(7,8)9)16-23(36-27)30-17-21(6)24(32)29-25(30)33/h12,17,19-20,22-23H,1,13,15-16,18H2,2-11H3,(H,29,32,33)/t22-,23+,27+,38?/m0/s1. The van der Waals surface area contributed by atoms with Crippen LogP contribution in [0, 0.1) is 18.3 Å². The van der Waals surface area contributed by atoms with Crippen molar-refractivity contribution in [3.63, 3.8) is 0 Å². The smallest absolute Gasteiger partial charge is 0.330 e. The van der Waals surface area contributed by atoms with Crippen molar-refractivity contribution in [1.29, 1.82) is 5.26 Å². The number of aromatic nitrogens is 2. The maximum atomic E-state index is 12.8. The Morgan fingerprint density at radius 1 is 1.31 bits per heavy atom. The van der Waals surface area contributed by atoms with E-state index in [4.69, 9.17) is 23.5 Å². The van der Waals surface area contributed by atoms with Gasteiger partial charge in [-0.1, -0.05) is 26.8 Å². The lowest BCUT2D eigenvalue weighted by Crippen LogP contribution is -2.51. The molecule has 0 saturated carbocycles. The number of nitrogens with zero attached hydrogens (tertiary/aromatic N) is 3. The molecule has 2 heterocycles. The summed E-state index contributed by atoms with van der Waals surface area (Å²) in [6.45, 7) is 25.2. The van der Waals surface area contributed by atoms with Gasteiger partial charge < -0.3 is 18.2 Å². The monoisotopic (exact) mass is 582 g/mol. The molecule has 0 amide bonds. The highest BCUT2D eigenvalue weighted by Crippen LogP contribution is 2.50. The third kappa shape index (κ3) is 7.98. The van der Waals surface area contributed by atoms with E-state index in [9.17, 15) is 9.59 Å². The normalized spacial score (nSPS) is 23.0. The Morgan fingerprint density at radius 2 is 1.92 bits per heavy atom. The molecular weight excluding hydrogens is 535 g/mol. The quantitative estimate of drug-likeness (QED) is 0.143. The van der Waals surface area contributed by atoms with E-state index in [1.165, 1.54) is 10.8 Å². The fraction of sp³-hybridized carbons (Fsp3) is 0.741. The molecule has 0 radical (unpaired) electrons. The number of hydrogen-bond donors (Lipinski definition) is 1. The molecule has 10 nitrogen and oxygen atoms in total. The van der Waals surface area contributed by atoms with E-state index in [2.05, 4.69) is 83.9 Å². The van der Waals surface area contributed by atoms with Crippen molar-refractivity contribution in [3.8, 4) is 6.07 Å². The van der Waals surface area contributed by atoms with Gasteiger partial charge in [-0.3, -0.25) is 14.3 Å². The van der Waals surface area contributed by atoms with E-state index < -0.39 is 46.0 Å². The van der Waals surface area contributed by atoms with E-state index in [-0.39, 0.29) is 36.8 Å². The van der Waals surface area contributed by atoms with Crippen molar-refractivity contribution in [2.75, 3.05) is 13.2 Å². The number of nitriles is 1. The van der Waals surface area contributed by atoms with Gasteiger partial charge in [0.05, 0.1) is 31.8 Å². The van der Waals surface area contributed by atoms with E-state index in [1.54, 1.807) is 13.0 Å². The van der Waals surface area contributed by atoms with Crippen molar-refractivity contribution >= 4 is 16.8 Å². The SMILES string of the molecule is C=C[C@]1(COP(OCCC#N)N(C(C)C)C(C)C)O[C@@H](n2cc(C)c(=O)[nH]c2=O)C[C@@H]1O[Si](C)(C)C(C)(C)C. The van der Waals surface area contributed by atoms with Crippen molar-refractivity contribution in [1.82, 2.24) is 14.2 Å². The molecule has 1 unspecified atom stereocenters. The molecule has 1 aromatic rings. The summed E-state index contributed by atoms with van der Waals surface area (Å²) in [5.41, 5.74) is -1.64. The molecule has 2 rings (SSSR count). The lowest BCUT2D eigenvalue weighted by molar-refractivity contribution is -0.0917. The fourth-order valence-corrected chi connectivity index (χ4v) is 7.26. The molecule has 1 aliphatic heterocycles. The van der Waals surface area contributed by atoms with Gasteiger partial charge in [0.2, 0.25) is 0 Å². The lowest BCUT2D eigenvalue weighted by atomic mass is 9.98. The summed E-state index contributed by atoms with van der Waals surface area (Å²) in [4.78, 5) is 27.1. The number of rotatable bonds is 13. The van der Waals surface area contributed by atoms with Crippen LogP contribution in [-0.2, 0) is 18.2 Å². The zero-order valence-electron chi connectivity index (χ0n) is 25.2. The van der Waals surface area contributed by atoms with Gasteiger partial charge in [0, 0.05) is 30.3 Å². The van der Waals surface area contributed by atoms with Crippen LogP contribution in [0.3, 0.4) is 0 Å². The topological polar surface area (TPSA) is 119 Å². The average Bonchev–Trinajstić information content (AvgIpc) is 3.16. The molecule has 0 bridgehead atoms. The Morgan fingerprint density at radius 3 is 2.44 bits per heavy atom. The first-order chi connectivity index (χ1) is 18.0. The molecule has 1 N–H and O–H groups in total. The second-order valence-electron chi connectivity index (χ2n) is 12.1. The van der Waals surface area contributed by atoms with Crippen LogP contribution in [0.15, 0.2) is 28.4 Å². The zero-order chi connectivity index (χ0) is 29.8. The maximum absolute atomic E-state index is 12.8. The molecule has 0 aromatic carbocycles. The van der Waals surface area contributed by atoms with Gasteiger partial charge in [0.25, 0.3) is 14.1 Å². The Labute approximate surface area is 235 Å². The lowest BCUT2D eigenvalue weighted by Gasteiger charge is -2.43. The highest BCUT2D eigenvalue weighted by molar-refractivity contribution is 7.44. The molecule has 1 aliphatic rings. The van der Waals surface area contributed by atoms with Gasteiger partial charge in [-0.15, -0.1) is 6.58 Å². The Hall–Kier alpha value is -1.64. The predicted molar refractivity (Wildman–Crippen MR) is 157 cm³/mol. The second kappa shape index (κ2) is 13.3. The largest absolute Gasteiger partial charge is 0.410 e. The minimum Gasteiger partial charge on any atom is -0.410 e. The molecule has 1 saturated heterocycles. The minimum absolute atomic E-state index is 0.0661. The molecule has 1 aromatic heterocycles. The second-order valence-corrected chi connectivity index (χ2v) is 18.3. The van der Waals surface area contributed by atoms with Crippen LogP contribution in [0.2, 0.25) is 18.1 Å². The van der Waals surface area contributed by atoms with Gasteiger partial charge in [-0.25, -0.2) is 9.46 Å². The van der Waals surface area contributed by atoms with Crippen molar-refractivity contribution < 1.29 is 18.2 Å². The molecular formula is C27H47N4O6PSi. The van der Waals surface area contributed by atoms with Crippen LogP contribution in [0.5, 0.6) is 0 Å². The molecule has 1 fully saturated rings. The molecule has 39 heavy (non-hydrogen) atoms. The Balaban J connectivity index is 2.50. The summed E-state index contributed by atoms with van der Waals surface area (Å²) < 4.78 is 29.6. The average molecular weight is 583 g/mol. The maximum Gasteiger partial charge on any atom is 0.330 e. The van der Waals surface area contributed by atoms with Gasteiger partial charge in [-0.05, 0) is 52.8 Å². The fourth-order valence-electron chi connectivity index (χ4n) is 4.25. The number of ether oxygens (including phenoxy) is 1. The summed E-state index contributed by atoms with van der Waals surface area (Å²) in [7, 11) is -3.81. The van der Waals surface area contributed by atoms with Crippen molar-refractivity contribution in [3.05, 3.63) is 45.3 Å². The van der Waals surface area contributed by atoms with Crippen molar-refractivity contribution in [2.24, 2.45) is 0 Å². The van der Waals surface area contributed by atoms with Crippen LogP contribution in [0.25, 0.3) is 0 Å². The van der Waals surface area contributed by atoms with Crippen LogP contribution in [0.1, 0.15) is 73.1 Å². The summed E-state index contributed by atoms with van der Waals surface area (Å²) in [6.07, 6.45) is 2.70. The van der Waals surface area contributed by atoms with Gasteiger partial charge in [0.15, 0.2) is 8.32 Å². The number of aryl methyl sites for hydroxylation is 1. The first-order valence-corrected chi connectivity index (χ1v) is 17.6. The molecule has 0 aliphatic carbocycles. The number of nitrogens with one attached hydrogen (secondary N) is 1. The minimum atomic E-state index is -2.28. The van der Waals surface area contributed by atoms with Crippen LogP contribution >= 0.6 is 8.53 Å². The first-order valence-electron chi connectivity index (χ1n) is 13.5. The van der Waals surface area contributed by atoms with E-state index in [1.807, 2.05) is 0 Å². The highest BCUT2D eigenvalue weighted by atomic mass is 31.2. The highest BCUT2D eigenvalue weighted by Gasteiger charge is 2.53. The summed E-state index contributed by atoms with van der Waals surface area (Å²) in [6, 6.07) is 2.39. The Kier molecular flexibility index (Phi) is 11.5. The van der Waals surface area contributed by atoms with Gasteiger partial charge in [0.1, 0.15) is 11.8 Å². The summed E-state index contributed by atoms with van der Waals surface area (Å²) in [5, 5.41) is 8.98. The van der Waals surface area contributed by atoms with Crippen LogP contribution < -0.4 is 11.2 Å². The predicted octanol–water partition coefficient (Wildman–Crippen LogP) is 5.37. The molecule has 0 spiro atoms. The third-order valence-corrected chi connectivity index (χ3v) is 14.0. The zero-order valence-corrected chi connectivity index (χ0v) is 27.1. The summed E-state index contributed by atoms with van der Waals surface area (Å²) >= 11 is 0. The summed E-state index contributed by atoms with van der Waals surface area (Å²) in [5.74, 6) is 0. The third-order valence-electron chi connectivity index (χ3n) is 7.42. The van der Waals surface area contributed by atoms with Crippen LogP contribution in [-0.4, -0.2) is 59.5 Å². The number of hydrogen-bond acceptors (Lipinski definition) is 8. The number of aromatic amines is 1. The Bertz CT molecular complexity index is 1130. The van der Waals surface area contributed by atoms with E-state index in [0.29, 0.717) is 12.0 Å². The van der Waals surface area contributed by atoms with Crippen molar-refractivity contribution in [2.45, 2.75) is 116 Å². The number of H-pyrrole nitrogens is 1. The molecule has 4 atom stereocenters. The van der Waals surface area contributed by atoms with Gasteiger partial charge in [-0.2, -0.15) is 5.26 Å². The van der Waals surface area contributed by atoms with E-state index in [0.717, 1.165) is 0 Å².